The van der Waals surface area contributed by atoms with Gasteiger partial charge in [-0.25, -0.2) is 0 Å². The number of nitrogens with one attached hydrogen (secondary N) is 2. The number of carbonyl (C=O) groups excluding carboxylic acids is 1. The Labute approximate surface area is 112 Å². The predicted molar refractivity (Wildman–Crippen MR) is 76.6 cm³/mol. The number of hydrogen-bond acceptors (Lipinski definition) is 2. The monoisotopic (exact) mass is 254 g/mol. The molecule has 1 heterocycles. The Hall–Kier alpha value is -0.570. The molecule has 1 amide bonds. The molecule has 1 rings (SSSR count). The normalized spacial score (nSPS) is 18.6. The minimum atomic E-state index is 0.233. The van der Waals surface area contributed by atoms with E-state index in [0.29, 0.717) is 11.9 Å². The summed E-state index contributed by atoms with van der Waals surface area (Å²) >= 11 is 0. The van der Waals surface area contributed by atoms with Gasteiger partial charge in [-0.2, -0.15) is 0 Å². The van der Waals surface area contributed by atoms with Crippen LogP contribution in [0.5, 0.6) is 0 Å². The molecule has 0 bridgehead atoms. The van der Waals surface area contributed by atoms with Crippen molar-refractivity contribution in [2.24, 2.45) is 5.92 Å². The molecule has 1 unspecified atom stereocenters. The fourth-order valence-electron chi connectivity index (χ4n) is 2.62. The molecule has 1 saturated heterocycles. The van der Waals surface area contributed by atoms with E-state index in [-0.39, 0.29) is 5.92 Å². The number of unbranched alkanes of at least 4 members (excludes halogenated alkanes) is 3. The number of rotatable bonds is 8. The quantitative estimate of drug-likeness (QED) is 0.654. The Morgan fingerprint density at radius 1 is 1.22 bits per heavy atom. The highest BCUT2D eigenvalue weighted by atomic mass is 16.1. The van der Waals surface area contributed by atoms with Crippen LogP contribution in [0.4, 0.5) is 0 Å². The van der Waals surface area contributed by atoms with E-state index in [0.717, 1.165) is 38.8 Å². The molecule has 1 aliphatic heterocycles. The van der Waals surface area contributed by atoms with Gasteiger partial charge in [0.05, 0.1) is 0 Å². The first-order valence-corrected chi connectivity index (χ1v) is 7.79. The van der Waals surface area contributed by atoms with Crippen LogP contribution in [0, 0.1) is 5.92 Å². The van der Waals surface area contributed by atoms with Crippen LogP contribution in [0.15, 0.2) is 0 Å². The van der Waals surface area contributed by atoms with Crippen LogP contribution in [0.1, 0.15) is 65.2 Å². The van der Waals surface area contributed by atoms with E-state index < -0.39 is 0 Å². The van der Waals surface area contributed by atoms with Crippen LogP contribution in [0.2, 0.25) is 0 Å². The second kappa shape index (κ2) is 9.37. The molecule has 1 aliphatic rings. The molecule has 106 valence electrons. The van der Waals surface area contributed by atoms with Gasteiger partial charge in [0, 0.05) is 12.0 Å². The summed E-state index contributed by atoms with van der Waals surface area (Å²) in [5, 5.41) is 6.56. The minimum absolute atomic E-state index is 0.233. The highest BCUT2D eigenvalue weighted by Gasteiger charge is 2.20. The first kappa shape index (κ1) is 15.5. The Morgan fingerprint density at radius 2 is 1.94 bits per heavy atom. The first-order chi connectivity index (χ1) is 8.77. The Kier molecular flexibility index (Phi) is 8.06. The second-order valence-corrected chi connectivity index (χ2v) is 5.49. The maximum atomic E-state index is 12.2. The van der Waals surface area contributed by atoms with Gasteiger partial charge in [0.25, 0.3) is 0 Å². The molecule has 0 aromatic carbocycles. The largest absolute Gasteiger partial charge is 0.353 e. The molecule has 3 heteroatoms. The van der Waals surface area contributed by atoms with Gasteiger partial charge in [0.15, 0.2) is 0 Å². The van der Waals surface area contributed by atoms with Crippen molar-refractivity contribution in [1.82, 2.24) is 10.6 Å². The number of hydrogen-bond donors (Lipinski definition) is 2. The van der Waals surface area contributed by atoms with Crippen molar-refractivity contribution in [3.8, 4) is 0 Å². The molecular weight excluding hydrogens is 224 g/mol. The van der Waals surface area contributed by atoms with Crippen molar-refractivity contribution in [1.29, 1.82) is 0 Å². The van der Waals surface area contributed by atoms with E-state index in [1.807, 2.05) is 0 Å². The van der Waals surface area contributed by atoms with E-state index in [1.165, 1.54) is 25.7 Å². The first-order valence-electron chi connectivity index (χ1n) is 7.79. The van der Waals surface area contributed by atoms with Crippen molar-refractivity contribution >= 4 is 5.91 Å². The molecule has 2 N–H and O–H groups in total. The van der Waals surface area contributed by atoms with Crippen molar-refractivity contribution in [3.63, 3.8) is 0 Å². The Balaban J connectivity index is 2.22. The lowest BCUT2D eigenvalue weighted by molar-refractivity contribution is -0.126. The molecule has 0 radical (unpaired) electrons. The maximum Gasteiger partial charge on any atom is 0.223 e. The summed E-state index contributed by atoms with van der Waals surface area (Å²) in [6, 6.07) is 0.406. The zero-order valence-electron chi connectivity index (χ0n) is 12.1. The molecule has 0 saturated carbocycles. The van der Waals surface area contributed by atoms with Crippen molar-refractivity contribution < 1.29 is 4.79 Å². The smallest absolute Gasteiger partial charge is 0.223 e. The summed E-state index contributed by atoms with van der Waals surface area (Å²) in [4.78, 5) is 12.2. The fourth-order valence-corrected chi connectivity index (χ4v) is 2.62. The summed E-state index contributed by atoms with van der Waals surface area (Å²) in [6.07, 6.45) is 9.23. The van der Waals surface area contributed by atoms with Gasteiger partial charge in [-0.05, 0) is 38.8 Å². The number of piperidine rings is 1. The SMILES string of the molecule is CCCCCCC(CC)C(=O)NC1CCNCC1. The third-order valence-electron chi connectivity index (χ3n) is 3.96. The Morgan fingerprint density at radius 3 is 2.56 bits per heavy atom. The zero-order valence-corrected chi connectivity index (χ0v) is 12.1. The van der Waals surface area contributed by atoms with Crippen LogP contribution in [-0.4, -0.2) is 25.0 Å². The van der Waals surface area contributed by atoms with Crippen LogP contribution in [0.3, 0.4) is 0 Å². The molecule has 3 nitrogen and oxygen atoms in total. The van der Waals surface area contributed by atoms with Crippen LogP contribution in [0.25, 0.3) is 0 Å². The van der Waals surface area contributed by atoms with E-state index >= 15 is 0 Å². The number of carbonyl (C=O) groups is 1. The topological polar surface area (TPSA) is 41.1 Å². The molecule has 18 heavy (non-hydrogen) atoms. The molecule has 0 spiro atoms. The van der Waals surface area contributed by atoms with Gasteiger partial charge in [0.2, 0.25) is 5.91 Å². The van der Waals surface area contributed by atoms with E-state index in [1.54, 1.807) is 0 Å². The molecule has 1 atom stereocenters. The summed E-state index contributed by atoms with van der Waals surface area (Å²) < 4.78 is 0. The van der Waals surface area contributed by atoms with Crippen molar-refractivity contribution in [2.45, 2.75) is 71.3 Å². The molecule has 0 aliphatic carbocycles. The lowest BCUT2D eigenvalue weighted by Crippen LogP contribution is -2.44. The van der Waals surface area contributed by atoms with E-state index in [9.17, 15) is 4.79 Å². The molecular formula is C15H30N2O. The molecule has 0 aromatic heterocycles. The summed E-state index contributed by atoms with van der Waals surface area (Å²) in [6.45, 7) is 6.43. The molecule has 0 aromatic rings. The minimum Gasteiger partial charge on any atom is -0.353 e. The lowest BCUT2D eigenvalue weighted by Gasteiger charge is -2.26. The standard InChI is InChI=1S/C15H30N2O/c1-3-5-6-7-8-13(4-2)15(18)17-14-9-11-16-12-10-14/h13-14,16H,3-12H2,1-2H3,(H,17,18). The summed E-state index contributed by atoms with van der Waals surface area (Å²) in [7, 11) is 0. The van der Waals surface area contributed by atoms with Crippen molar-refractivity contribution in [2.75, 3.05) is 13.1 Å². The van der Waals surface area contributed by atoms with Crippen LogP contribution >= 0.6 is 0 Å². The van der Waals surface area contributed by atoms with Gasteiger partial charge < -0.3 is 10.6 Å². The van der Waals surface area contributed by atoms with Crippen LogP contribution < -0.4 is 10.6 Å². The van der Waals surface area contributed by atoms with E-state index in [4.69, 9.17) is 0 Å². The highest BCUT2D eigenvalue weighted by molar-refractivity contribution is 5.78. The second-order valence-electron chi connectivity index (χ2n) is 5.49. The third kappa shape index (κ3) is 5.85. The average Bonchev–Trinajstić information content (AvgIpc) is 2.40. The van der Waals surface area contributed by atoms with Crippen molar-refractivity contribution in [3.05, 3.63) is 0 Å². The number of amides is 1. The maximum absolute atomic E-state index is 12.2. The molecule has 1 fully saturated rings. The van der Waals surface area contributed by atoms with Gasteiger partial charge in [-0.15, -0.1) is 0 Å². The van der Waals surface area contributed by atoms with Gasteiger partial charge >= 0.3 is 0 Å². The summed E-state index contributed by atoms with van der Waals surface area (Å²) in [5.74, 6) is 0.526. The Bertz CT molecular complexity index is 225. The van der Waals surface area contributed by atoms with E-state index in [2.05, 4.69) is 24.5 Å². The van der Waals surface area contributed by atoms with Gasteiger partial charge in [-0.3, -0.25) is 4.79 Å². The lowest BCUT2D eigenvalue weighted by atomic mass is 9.96. The predicted octanol–water partition coefficient (Wildman–Crippen LogP) is 2.85. The van der Waals surface area contributed by atoms with Crippen LogP contribution in [-0.2, 0) is 4.79 Å². The van der Waals surface area contributed by atoms with Gasteiger partial charge in [0.1, 0.15) is 0 Å². The third-order valence-corrected chi connectivity index (χ3v) is 3.96. The fraction of sp³-hybridized carbons (Fsp3) is 0.933. The highest BCUT2D eigenvalue weighted by Crippen LogP contribution is 2.15. The van der Waals surface area contributed by atoms with Gasteiger partial charge in [-0.1, -0.05) is 39.5 Å². The zero-order chi connectivity index (χ0) is 13.2. The summed E-state index contributed by atoms with van der Waals surface area (Å²) in [5.41, 5.74) is 0. The average molecular weight is 254 g/mol.